The normalized spacial score (nSPS) is 31.7. The van der Waals surface area contributed by atoms with E-state index in [2.05, 4.69) is 43.9 Å². The number of methoxy groups -OCH3 is 1. The summed E-state index contributed by atoms with van der Waals surface area (Å²) in [5.41, 5.74) is 1.29. The van der Waals surface area contributed by atoms with Gasteiger partial charge >= 0.3 is 0 Å². The first-order valence-electron chi connectivity index (χ1n) is 9.02. The quantitative estimate of drug-likeness (QED) is 0.792. The number of hydrogen-bond acceptors (Lipinski definition) is 3. The van der Waals surface area contributed by atoms with Gasteiger partial charge < -0.3 is 4.74 Å². The molecule has 3 aliphatic rings. The Bertz CT molecular complexity index is 556. The van der Waals surface area contributed by atoms with E-state index in [1.54, 1.807) is 7.11 Å². The van der Waals surface area contributed by atoms with Crippen molar-refractivity contribution in [2.24, 2.45) is 11.8 Å². The van der Waals surface area contributed by atoms with Gasteiger partial charge in [0.15, 0.2) is 0 Å². The Hall–Kier alpha value is -0.580. The SMILES string of the molecule is COc1ccc(Br)cc1CN1CCN([C@H]2C[C@H]3CC[C@H]2C3)CC1. The van der Waals surface area contributed by atoms with Crippen LogP contribution in [0.5, 0.6) is 5.75 Å². The topological polar surface area (TPSA) is 15.7 Å². The molecule has 1 heterocycles. The van der Waals surface area contributed by atoms with Gasteiger partial charge in [-0.05, 0) is 49.3 Å². The summed E-state index contributed by atoms with van der Waals surface area (Å²) >= 11 is 3.58. The molecule has 2 aliphatic carbocycles. The maximum Gasteiger partial charge on any atom is 0.123 e. The number of halogens is 1. The molecule has 2 saturated carbocycles. The molecule has 0 aromatic heterocycles. The summed E-state index contributed by atoms with van der Waals surface area (Å²) in [6, 6.07) is 7.21. The average molecular weight is 379 g/mol. The molecule has 1 aliphatic heterocycles. The molecule has 0 radical (unpaired) electrons. The van der Waals surface area contributed by atoms with E-state index in [-0.39, 0.29) is 0 Å². The molecule has 0 amide bonds. The third-order valence-corrected chi connectivity index (χ3v) is 6.71. The van der Waals surface area contributed by atoms with Gasteiger partial charge in [0.05, 0.1) is 7.11 Å². The van der Waals surface area contributed by atoms with E-state index in [1.807, 2.05) is 0 Å². The number of fused-ring (bicyclic) bond motifs is 2. The van der Waals surface area contributed by atoms with E-state index in [0.29, 0.717) is 0 Å². The lowest BCUT2D eigenvalue weighted by Gasteiger charge is -2.41. The van der Waals surface area contributed by atoms with Crippen LogP contribution in [0.2, 0.25) is 0 Å². The van der Waals surface area contributed by atoms with Crippen molar-refractivity contribution < 1.29 is 4.74 Å². The molecule has 1 aromatic rings. The Morgan fingerprint density at radius 2 is 1.96 bits per heavy atom. The fraction of sp³-hybridized carbons (Fsp3) is 0.684. The van der Waals surface area contributed by atoms with Crippen LogP contribution in [-0.2, 0) is 6.54 Å². The molecular weight excluding hydrogens is 352 g/mol. The third-order valence-electron chi connectivity index (χ3n) is 6.21. The Morgan fingerprint density at radius 3 is 2.61 bits per heavy atom. The summed E-state index contributed by atoms with van der Waals surface area (Å²) in [5.74, 6) is 3.06. The minimum atomic E-state index is 0.899. The lowest BCUT2D eigenvalue weighted by Crippen LogP contribution is -2.51. The molecule has 4 rings (SSSR count). The molecule has 23 heavy (non-hydrogen) atoms. The van der Waals surface area contributed by atoms with Gasteiger partial charge in [-0.25, -0.2) is 0 Å². The van der Waals surface area contributed by atoms with E-state index in [0.717, 1.165) is 34.6 Å². The number of nitrogens with zero attached hydrogens (tertiary/aromatic N) is 2. The summed E-state index contributed by atoms with van der Waals surface area (Å²) in [6.07, 6.45) is 5.98. The highest BCUT2D eigenvalue weighted by Crippen LogP contribution is 2.46. The summed E-state index contributed by atoms with van der Waals surface area (Å²) in [7, 11) is 1.76. The zero-order chi connectivity index (χ0) is 15.8. The summed E-state index contributed by atoms with van der Waals surface area (Å²) in [6.45, 7) is 5.84. The molecule has 0 unspecified atom stereocenters. The first-order valence-corrected chi connectivity index (χ1v) is 9.81. The molecule has 1 saturated heterocycles. The number of ether oxygens (including phenoxy) is 1. The van der Waals surface area contributed by atoms with Gasteiger partial charge in [-0.15, -0.1) is 0 Å². The van der Waals surface area contributed by atoms with Crippen LogP contribution in [0.15, 0.2) is 22.7 Å². The minimum Gasteiger partial charge on any atom is -0.496 e. The first-order chi connectivity index (χ1) is 11.2. The highest BCUT2D eigenvalue weighted by atomic mass is 79.9. The van der Waals surface area contributed by atoms with Crippen molar-refractivity contribution in [2.75, 3.05) is 33.3 Å². The Kier molecular flexibility index (Phi) is 4.66. The second-order valence-electron chi connectivity index (χ2n) is 7.51. The molecule has 0 N–H and O–H groups in total. The molecule has 126 valence electrons. The number of piperazine rings is 1. The standard InChI is InChI=1S/C19H27BrN2O/c1-23-19-5-4-17(20)12-16(19)13-21-6-8-22(9-7-21)18-11-14-2-3-15(18)10-14/h4-5,12,14-15,18H,2-3,6-11,13H2,1H3/t14-,15-,18-/m0/s1. The van der Waals surface area contributed by atoms with E-state index >= 15 is 0 Å². The van der Waals surface area contributed by atoms with Crippen LogP contribution < -0.4 is 4.74 Å². The van der Waals surface area contributed by atoms with E-state index in [4.69, 9.17) is 4.74 Å². The minimum absolute atomic E-state index is 0.899. The molecule has 4 heteroatoms. The second-order valence-corrected chi connectivity index (χ2v) is 8.43. The van der Waals surface area contributed by atoms with Gasteiger partial charge in [0.2, 0.25) is 0 Å². The molecule has 2 bridgehead atoms. The Balaban J connectivity index is 1.34. The highest BCUT2D eigenvalue weighted by molar-refractivity contribution is 9.10. The largest absolute Gasteiger partial charge is 0.496 e. The van der Waals surface area contributed by atoms with Crippen molar-refractivity contribution in [3.8, 4) is 5.75 Å². The van der Waals surface area contributed by atoms with Crippen molar-refractivity contribution in [3.05, 3.63) is 28.2 Å². The number of benzene rings is 1. The molecular formula is C19H27BrN2O. The summed E-state index contributed by atoms with van der Waals surface area (Å²) in [5, 5.41) is 0. The molecule has 3 atom stereocenters. The number of rotatable bonds is 4. The van der Waals surface area contributed by atoms with Crippen LogP contribution >= 0.6 is 15.9 Å². The second kappa shape index (κ2) is 6.73. The average Bonchev–Trinajstić information content (AvgIpc) is 3.19. The van der Waals surface area contributed by atoms with Gasteiger partial charge in [0.25, 0.3) is 0 Å². The van der Waals surface area contributed by atoms with E-state index < -0.39 is 0 Å². The summed E-state index contributed by atoms with van der Waals surface area (Å²) in [4.78, 5) is 5.37. The van der Waals surface area contributed by atoms with Crippen molar-refractivity contribution in [3.63, 3.8) is 0 Å². The van der Waals surface area contributed by atoms with Gasteiger partial charge in [0, 0.05) is 48.8 Å². The lowest BCUT2D eigenvalue weighted by molar-refractivity contribution is 0.0676. The zero-order valence-corrected chi connectivity index (χ0v) is 15.6. The van der Waals surface area contributed by atoms with Gasteiger partial charge in [-0.1, -0.05) is 22.4 Å². The van der Waals surface area contributed by atoms with Gasteiger partial charge in [0.1, 0.15) is 5.75 Å². The number of hydrogen-bond donors (Lipinski definition) is 0. The van der Waals surface area contributed by atoms with Gasteiger partial charge in [-0.3, -0.25) is 9.80 Å². The molecule has 3 nitrogen and oxygen atoms in total. The third kappa shape index (κ3) is 3.31. The van der Waals surface area contributed by atoms with Crippen molar-refractivity contribution in [2.45, 2.75) is 38.3 Å². The Labute approximate surface area is 148 Å². The smallest absolute Gasteiger partial charge is 0.123 e. The fourth-order valence-electron chi connectivity index (χ4n) is 5.02. The van der Waals surface area contributed by atoms with Crippen LogP contribution in [0.25, 0.3) is 0 Å². The monoisotopic (exact) mass is 378 g/mol. The van der Waals surface area contributed by atoms with Crippen molar-refractivity contribution in [1.29, 1.82) is 0 Å². The van der Waals surface area contributed by atoms with Crippen LogP contribution in [-0.4, -0.2) is 49.1 Å². The lowest BCUT2D eigenvalue weighted by atomic mass is 9.93. The van der Waals surface area contributed by atoms with Crippen LogP contribution in [0.1, 0.15) is 31.2 Å². The fourth-order valence-corrected chi connectivity index (χ4v) is 5.43. The Morgan fingerprint density at radius 1 is 1.13 bits per heavy atom. The van der Waals surface area contributed by atoms with E-state index in [9.17, 15) is 0 Å². The van der Waals surface area contributed by atoms with Crippen LogP contribution in [0.3, 0.4) is 0 Å². The van der Waals surface area contributed by atoms with Crippen LogP contribution in [0.4, 0.5) is 0 Å². The van der Waals surface area contributed by atoms with Gasteiger partial charge in [-0.2, -0.15) is 0 Å². The molecule has 0 spiro atoms. The van der Waals surface area contributed by atoms with Crippen molar-refractivity contribution in [1.82, 2.24) is 9.80 Å². The zero-order valence-electron chi connectivity index (χ0n) is 14.0. The van der Waals surface area contributed by atoms with Crippen LogP contribution in [0, 0.1) is 11.8 Å². The predicted octanol–water partition coefficient (Wildman–Crippen LogP) is 3.76. The maximum atomic E-state index is 5.52. The molecule has 1 aromatic carbocycles. The summed E-state index contributed by atoms with van der Waals surface area (Å²) < 4.78 is 6.65. The molecule has 3 fully saturated rings. The maximum absolute atomic E-state index is 5.52. The first kappa shape index (κ1) is 15.9. The highest BCUT2D eigenvalue weighted by Gasteiger charge is 2.42. The van der Waals surface area contributed by atoms with E-state index in [1.165, 1.54) is 57.4 Å². The predicted molar refractivity (Wildman–Crippen MR) is 96.8 cm³/mol. The van der Waals surface area contributed by atoms with Crippen molar-refractivity contribution >= 4 is 15.9 Å².